The lowest BCUT2D eigenvalue weighted by Gasteiger charge is -2.07. The molecule has 2 aromatic carbocycles. The summed E-state index contributed by atoms with van der Waals surface area (Å²) in [6.45, 7) is 4.33. The first-order valence-electron chi connectivity index (χ1n) is 6.98. The van der Waals surface area contributed by atoms with E-state index in [1.54, 1.807) is 24.3 Å². The fraction of sp³-hybridized carbons (Fsp3) is 0.278. The molecule has 0 unspecified atom stereocenters. The number of phenols is 1. The number of rotatable bonds is 5. The number of para-hydroxylation sites is 1. The molecule has 2 rings (SSSR count). The maximum absolute atomic E-state index is 12.1. The third-order valence-corrected chi connectivity index (χ3v) is 3.49. The van der Waals surface area contributed by atoms with Crippen molar-refractivity contribution in [1.29, 1.82) is 0 Å². The largest absolute Gasteiger partial charge is 0.507 e. The highest BCUT2D eigenvalue weighted by atomic mass is 16.3. The van der Waals surface area contributed by atoms with E-state index in [0.717, 1.165) is 5.56 Å². The lowest BCUT2D eigenvalue weighted by molar-refractivity contribution is 0.0980. The van der Waals surface area contributed by atoms with Gasteiger partial charge >= 0.3 is 0 Å². The lowest BCUT2D eigenvalue weighted by Crippen LogP contribution is -2.01. The number of aryl methyl sites for hydroxylation is 1. The summed E-state index contributed by atoms with van der Waals surface area (Å²) in [6.07, 6.45) is 1.12. The van der Waals surface area contributed by atoms with Gasteiger partial charge in [-0.25, -0.2) is 0 Å². The van der Waals surface area contributed by atoms with Crippen LogP contribution in [-0.2, 0) is 6.42 Å². The lowest BCUT2D eigenvalue weighted by atomic mass is 9.98. The van der Waals surface area contributed by atoms with Crippen molar-refractivity contribution in [2.75, 3.05) is 0 Å². The highest BCUT2D eigenvalue weighted by molar-refractivity contribution is 5.98. The molecule has 0 spiro atoms. The number of hydrogen-bond donors (Lipinski definition) is 1. The fourth-order valence-corrected chi connectivity index (χ4v) is 2.17. The van der Waals surface area contributed by atoms with Crippen LogP contribution >= 0.6 is 0 Å². The highest BCUT2D eigenvalue weighted by Crippen LogP contribution is 2.19. The second-order valence-corrected chi connectivity index (χ2v) is 5.34. The minimum absolute atomic E-state index is 0.0176. The van der Waals surface area contributed by atoms with Crippen molar-refractivity contribution in [3.63, 3.8) is 0 Å². The van der Waals surface area contributed by atoms with Gasteiger partial charge in [-0.3, -0.25) is 4.79 Å². The summed E-state index contributed by atoms with van der Waals surface area (Å²) >= 11 is 0. The van der Waals surface area contributed by atoms with Gasteiger partial charge in [0.2, 0.25) is 0 Å². The molecule has 0 atom stereocenters. The van der Waals surface area contributed by atoms with Gasteiger partial charge in [0.25, 0.3) is 0 Å². The third kappa shape index (κ3) is 3.47. The normalized spacial score (nSPS) is 10.8. The predicted molar refractivity (Wildman–Crippen MR) is 81.3 cm³/mol. The molecule has 20 heavy (non-hydrogen) atoms. The van der Waals surface area contributed by atoms with E-state index < -0.39 is 0 Å². The van der Waals surface area contributed by atoms with Crippen molar-refractivity contribution in [3.05, 3.63) is 65.2 Å². The van der Waals surface area contributed by atoms with Crippen LogP contribution in [0.1, 0.15) is 47.7 Å². The molecule has 0 aromatic heterocycles. The van der Waals surface area contributed by atoms with Gasteiger partial charge in [0.1, 0.15) is 5.75 Å². The molecule has 2 aromatic rings. The summed E-state index contributed by atoms with van der Waals surface area (Å²) in [4.78, 5) is 12.1. The van der Waals surface area contributed by atoms with E-state index in [1.807, 2.05) is 0 Å². The van der Waals surface area contributed by atoms with Crippen LogP contribution in [0.3, 0.4) is 0 Å². The van der Waals surface area contributed by atoms with E-state index in [1.165, 1.54) is 5.56 Å². The van der Waals surface area contributed by atoms with Crippen LogP contribution in [0.4, 0.5) is 0 Å². The molecular weight excluding hydrogens is 248 g/mol. The number of benzene rings is 2. The molecule has 0 aliphatic rings. The van der Waals surface area contributed by atoms with Crippen molar-refractivity contribution < 1.29 is 9.90 Å². The Balaban J connectivity index is 1.98. The molecule has 0 aliphatic carbocycles. The smallest absolute Gasteiger partial charge is 0.166 e. The number of phenolic OH excluding ortho intramolecular Hbond substituents is 1. The maximum Gasteiger partial charge on any atom is 0.166 e. The van der Waals surface area contributed by atoms with Gasteiger partial charge in [-0.05, 0) is 35.6 Å². The molecule has 0 radical (unpaired) electrons. The zero-order chi connectivity index (χ0) is 14.5. The summed E-state index contributed by atoms with van der Waals surface area (Å²) in [7, 11) is 0. The molecule has 0 saturated carbocycles. The Kier molecular flexibility index (Phi) is 4.57. The van der Waals surface area contributed by atoms with Crippen molar-refractivity contribution in [3.8, 4) is 5.75 Å². The first kappa shape index (κ1) is 14.3. The van der Waals surface area contributed by atoms with Crippen LogP contribution in [0.5, 0.6) is 5.75 Å². The highest BCUT2D eigenvalue weighted by Gasteiger charge is 2.10. The van der Waals surface area contributed by atoms with Gasteiger partial charge in [-0.2, -0.15) is 0 Å². The number of carbonyl (C=O) groups excluding carboxylic acids is 1. The second kappa shape index (κ2) is 6.38. The third-order valence-electron chi connectivity index (χ3n) is 3.49. The van der Waals surface area contributed by atoms with E-state index in [2.05, 4.69) is 38.1 Å². The Morgan fingerprint density at radius 2 is 1.70 bits per heavy atom. The zero-order valence-electron chi connectivity index (χ0n) is 12.0. The van der Waals surface area contributed by atoms with Gasteiger partial charge in [-0.15, -0.1) is 0 Å². The summed E-state index contributed by atoms with van der Waals surface area (Å²) in [6, 6.07) is 15.1. The van der Waals surface area contributed by atoms with Gasteiger partial charge in [0.05, 0.1) is 5.56 Å². The van der Waals surface area contributed by atoms with Crippen LogP contribution in [0.2, 0.25) is 0 Å². The van der Waals surface area contributed by atoms with E-state index in [4.69, 9.17) is 0 Å². The standard InChI is InChI=1S/C18H20O2/c1-13(2)15-10-7-14(8-11-15)9-12-18(20)16-5-3-4-6-17(16)19/h3-8,10-11,13,19H,9,12H2,1-2H3. The van der Waals surface area contributed by atoms with Crippen molar-refractivity contribution in [2.45, 2.75) is 32.6 Å². The number of aromatic hydroxyl groups is 1. The molecule has 2 nitrogen and oxygen atoms in total. The first-order valence-corrected chi connectivity index (χ1v) is 6.98. The van der Waals surface area contributed by atoms with E-state index in [-0.39, 0.29) is 11.5 Å². The Labute approximate surface area is 120 Å². The monoisotopic (exact) mass is 268 g/mol. The molecule has 104 valence electrons. The SMILES string of the molecule is CC(C)c1ccc(CCC(=O)c2ccccc2O)cc1. The van der Waals surface area contributed by atoms with Gasteiger partial charge in [-0.1, -0.05) is 50.2 Å². The number of Topliss-reactive ketones (excluding diaryl/α,β-unsaturated/α-hetero) is 1. The number of ketones is 1. The van der Waals surface area contributed by atoms with Crippen LogP contribution in [0, 0.1) is 0 Å². The second-order valence-electron chi connectivity index (χ2n) is 5.34. The number of carbonyl (C=O) groups is 1. The summed E-state index contributed by atoms with van der Waals surface area (Å²) in [5.74, 6) is 0.565. The minimum Gasteiger partial charge on any atom is -0.507 e. The molecule has 0 fully saturated rings. The molecule has 0 bridgehead atoms. The van der Waals surface area contributed by atoms with E-state index in [0.29, 0.717) is 24.3 Å². The van der Waals surface area contributed by atoms with Crippen molar-refractivity contribution >= 4 is 5.78 Å². The van der Waals surface area contributed by atoms with Crippen LogP contribution < -0.4 is 0 Å². The molecule has 0 saturated heterocycles. The van der Waals surface area contributed by atoms with E-state index in [9.17, 15) is 9.90 Å². The number of hydrogen-bond acceptors (Lipinski definition) is 2. The Bertz CT molecular complexity index is 583. The molecule has 0 amide bonds. The summed E-state index contributed by atoms with van der Waals surface area (Å²) < 4.78 is 0. The molecule has 2 heteroatoms. The van der Waals surface area contributed by atoms with Crippen LogP contribution in [0.25, 0.3) is 0 Å². The molecule has 1 N–H and O–H groups in total. The maximum atomic E-state index is 12.1. The molecular formula is C18H20O2. The topological polar surface area (TPSA) is 37.3 Å². The molecule has 0 aliphatic heterocycles. The molecule has 0 heterocycles. The van der Waals surface area contributed by atoms with Crippen molar-refractivity contribution in [1.82, 2.24) is 0 Å². The predicted octanol–water partition coefficient (Wildman–Crippen LogP) is 4.33. The summed E-state index contributed by atoms with van der Waals surface area (Å²) in [5, 5.41) is 9.65. The average molecular weight is 268 g/mol. The summed E-state index contributed by atoms with van der Waals surface area (Å²) in [5.41, 5.74) is 2.87. The fourth-order valence-electron chi connectivity index (χ4n) is 2.17. The average Bonchev–Trinajstić information content (AvgIpc) is 2.45. The van der Waals surface area contributed by atoms with Gasteiger partial charge < -0.3 is 5.11 Å². The van der Waals surface area contributed by atoms with E-state index >= 15 is 0 Å². The van der Waals surface area contributed by atoms with Crippen LogP contribution in [0.15, 0.2) is 48.5 Å². The van der Waals surface area contributed by atoms with Gasteiger partial charge in [0.15, 0.2) is 5.78 Å². The Morgan fingerprint density at radius 3 is 2.30 bits per heavy atom. The van der Waals surface area contributed by atoms with Gasteiger partial charge in [0, 0.05) is 6.42 Å². The first-order chi connectivity index (χ1) is 9.58. The Hall–Kier alpha value is -2.09. The van der Waals surface area contributed by atoms with Crippen molar-refractivity contribution in [2.24, 2.45) is 0 Å². The Morgan fingerprint density at radius 1 is 1.05 bits per heavy atom. The minimum atomic E-state index is -0.0176. The zero-order valence-corrected chi connectivity index (χ0v) is 12.0. The quantitative estimate of drug-likeness (QED) is 0.819. The van der Waals surface area contributed by atoms with Crippen LogP contribution in [-0.4, -0.2) is 10.9 Å².